The zero-order valence-corrected chi connectivity index (χ0v) is 14.6. The van der Waals surface area contributed by atoms with Crippen molar-refractivity contribution in [1.82, 2.24) is 5.32 Å². The first-order valence-corrected chi connectivity index (χ1v) is 8.83. The van der Waals surface area contributed by atoms with Gasteiger partial charge < -0.3 is 11.1 Å². The number of amides is 1. The summed E-state index contributed by atoms with van der Waals surface area (Å²) >= 11 is 0. The molecule has 4 heteroatoms. The van der Waals surface area contributed by atoms with Gasteiger partial charge in [-0.3, -0.25) is 4.79 Å². The Bertz CT molecular complexity index is 499. The van der Waals surface area contributed by atoms with E-state index in [0.29, 0.717) is 12.5 Å². The molecule has 2 atom stereocenters. The summed E-state index contributed by atoms with van der Waals surface area (Å²) in [6, 6.07) is 10.5. The Balaban J connectivity index is 0.00000192. The van der Waals surface area contributed by atoms with Crippen molar-refractivity contribution < 1.29 is 4.79 Å². The van der Waals surface area contributed by atoms with E-state index in [4.69, 9.17) is 5.73 Å². The van der Waals surface area contributed by atoms with Crippen molar-refractivity contribution in [3.63, 3.8) is 0 Å². The molecule has 1 aromatic rings. The molecule has 3 rings (SSSR count). The minimum absolute atomic E-state index is 0. The van der Waals surface area contributed by atoms with Crippen molar-refractivity contribution in [3.8, 4) is 0 Å². The number of hydrogen-bond donors (Lipinski definition) is 2. The van der Waals surface area contributed by atoms with Crippen molar-refractivity contribution in [2.45, 2.75) is 56.9 Å². The first-order chi connectivity index (χ1) is 10.7. The minimum atomic E-state index is -0.154. The average Bonchev–Trinajstić information content (AvgIpc) is 3.05. The third-order valence-electron chi connectivity index (χ3n) is 5.69. The van der Waals surface area contributed by atoms with Gasteiger partial charge in [0.05, 0.1) is 5.54 Å². The topological polar surface area (TPSA) is 55.1 Å². The molecule has 23 heavy (non-hydrogen) atoms. The maximum atomic E-state index is 12.9. The van der Waals surface area contributed by atoms with Crippen molar-refractivity contribution in [2.24, 2.45) is 17.6 Å². The van der Waals surface area contributed by atoms with Gasteiger partial charge in [-0.05, 0) is 43.7 Å². The molecule has 1 aromatic carbocycles. The van der Waals surface area contributed by atoms with E-state index >= 15 is 0 Å². The predicted molar refractivity (Wildman–Crippen MR) is 96.5 cm³/mol. The lowest BCUT2D eigenvalue weighted by molar-refractivity contribution is -0.128. The van der Waals surface area contributed by atoms with Crippen LogP contribution in [0, 0.1) is 11.8 Å². The van der Waals surface area contributed by atoms with Crippen LogP contribution in [0.25, 0.3) is 0 Å². The number of carbonyl (C=O) groups excluding carboxylic acids is 1. The zero-order chi connectivity index (χ0) is 15.4. The van der Waals surface area contributed by atoms with Gasteiger partial charge in [-0.15, -0.1) is 12.4 Å². The molecule has 3 N–H and O–H groups in total. The summed E-state index contributed by atoms with van der Waals surface area (Å²) in [6.07, 6.45) is 9.02. The largest absolute Gasteiger partial charge is 0.346 e. The van der Waals surface area contributed by atoms with E-state index in [2.05, 4.69) is 29.6 Å². The second-order valence-electron chi connectivity index (χ2n) is 7.03. The van der Waals surface area contributed by atoms with Crippen LogP contribution in [0.5, 0.6) is 0 Å². The van der Waals surface area contributed by atoms with E-state index in [-0.39, 0.29) is 29.8 Å². The second kappa shape index (κ2) is 8.16. The third kappa shape index (κ3) is 3.89. The molecule has 0 radical (unpaired) electrons. The molecule has 0 unspecified atom stereocenters. The van der Waals surface area contributed by atoms with E-state index in [1.807, 2.05) is 6.07 Å². The van der Waals surface area contributed by atoms with Crippen LogP contribution in [0.1, 0.15) is 56.9 Å². The van der Waals surface area contributed by atoms with Crippen molar-refractivity contribution in [1.29, 1.82) is 0 Å². The number of hydrogen-bond acceptors (Lipinski definition) is 2. The summed E-state index contributed by atoms with van der Waals surface area (Å²) in [4.78, 5) is 12.9. The van der Waals surface area contributed by atoms with Crippen molar-refractivity contribution in [2.75, 3.05) is 6.54 Å². The molecule has 0 heterocycles. The summed E-state index contributed by atoms with van der Waals surface area (Å²) in [5.41, 5.74) is 6.97. The van der Waals surface area contributed by atoms with E-state index in [1.54, 1.807) is 0 Å². The number of nitrogens with two attached hydrogens (primary N) is 1. The van der Waals surface area contributed by atoms with Crippen LogP contribution in [-0.4, -0.2) is 12.5 Å². The number of carbonyl (C=O) groups is 1. The van der Waals surface area contributed by atoms with Gasteiger partial charge in [0.25, 0.3) is 0 Å². The zero-order valence-electron chi connectivity index (χ0n) is 13.8. The molecular formula is C19H29ClN2O. The van der Waals surface area contributed by atoms with Gasteiger partial charge in [0, 0.05) is 5.92 Å². The Hall–Kier alpha value is -1.06. The lowest BCUT2D eigenvalue weighted by Gasteiger charge is -2.40. The van der Waals surface area contributed by atoms with Crippen LogP contribution >= 0.6 is 12.4 Å². The maximum absolute atomic E-state index is 12.9. The molecule has 0 saturated heterocycles. The van der Waals surface area contributed by atoms with E-state index in [9.17, 15) is 4.79 Å². The molecule has 128 valence electrons. The van der Waals surface area contributed by atoms with Crippen molar-refractivity contribution >= 4 is 18.3 Å². The van der Waals surface area contributed by atoms with Crippen LogP contribution in [0.2, 0.25) is 0 Å². The number of rotatable bonds is 4. The minimum Gasteiger partial charge on any atom is -0.346 e. The fourth-order valence-corrected chi connectivity index (χ4v) is 4.39. The van der Waals surface area contributed by atoms with Crippen LogP contribution in [0.3, 0.4) is 0 Å². The number of nitrogens with one attached hydrogen (secondary N) is 1. The van der Waals surface area contributed by atoms with Gasteiger partial charge in [-0.25, -0.2) is 0 Å². The van der Waals surface area contributed by atoms with Gasteiger partial charge in [0.2, 0.25) is 5.91 Å². The van der Waals surface area contributed by atoms with Gasteiger partial charge in [0.15, 0.2) is 0 Å². The second-order valence-corrected chi connectivity index (χ2v) is 7.03. The van der Waals surface area contributed by atoms with Crippen molar-refractivity contribution in [3.05, 3.63) is 35.9 Å². The predicted octanol–water partition coefficient (Wildman–Crippen LogP) is 3.76. The molecule has 2 aliphatic rings. The lowest BCUT2D eigenvalue weighted by Crippen LogP contribution is -2.50. The fourth-order valence-electron chi connectivity index (χ4n) is 4.39. The smallest absolute Gasteiger partial charge is 0.224 e. The molecular weight excluding hydrogens is 308 g/mol. The Labute approximate surface area is 145 Å². The monoisotopic (exact) mass is 336 g/mol. The highest BCUT2D eigenvalue weighted by Gasteiger charge is 2.39. The lowest BCUT2D eigenvalue weighted by atomic mass is 9.76. The van der Waals surface area contributed by atoms with Crippen LogP contribution in [-0.2, 0) is 10.3 Å². The van der Waals surface area contributed by atoms with E-state index < -0.39 is 0 Å². The fraction of sp³-hybridized carbons (Fsp3) is 0.632. The van der Waals surface area contributed by atoms with Gasteiger partial charge in [-0.1, -0.05) is 56.0 Å². The molecule has 1 amide bonds. The Morgan fingerprint density at radius 1 is 1.09 bits per heavy atom. The van der Waals surface area contributed by atoms with Gasteiger partial charge >= 0.3 is 0 Å². The molecule has 3 nitrogen and oxygen atoms in total. The summed E-state index contributed by atoms with van der Waals surface area (Å²) in [6.45, 7) is 0.635. The quantitative estimate of drug-likeness (QED) is 0.879. The molecule has 2 saturated carbocycles. The normalized spacial score (nSPS) is 26.3. The first kappa shape index (κ1) is 18.3. The third-order valence-corrected chi connectivity index (χ3v) is 5.69. The standard InChI is InChI=1S/C19H28N2O.ClH/c20-14-15-8-7-11-17(15)18(22)21-19(12-5-2-6-13-19)16-9-3-1-4-10-16;/h1,3-4,9-10,15,17H,2,5-8,11-14,20H2,(H,21,22);1H/t15-,17-;/m1./s1. The highest BCUT2D eigenvalue weighted by Crippen LogP contribution is 2.39. The van der Waals surface area contributed by atoms with E-state index in [0.717, 1.165) is 32.1 Å². The van der Waals surface area contributed by atoms with Crippen LogP contribution in [0.4, 0.5) is 0 Å². The molecule has 0 aromatic heterocycles. The molecule has 0 spiro atoms. The molecule has 2 fully saturated rings. The highest BCUT2D eigenvalue weighted by molar-refractivity contribution is 5.85. The average molecular weight is 337 g/mol. The first-order valence-electron chi connectivity index (χ1n) is 8.83. The molecule has 2 aliphatic carbocycles. The number of halogens is 1. The SMILES string of the molecule is Cl.NC[C@H]1CCC[C@H]1C(=O)NC1(c2ccccc2)CCCCC1. The van der Waals surface area contributed by atoms with Gasteiger partial charge in [0.1, 0.15) is 0 Å². The van der Waals surface area contributed by atoms with Gasteiger partial charge in [-0.2, -0.15) is 0 Å². The van der Waals surface area contributed by atoms with E-state index in [1.165, 1.54) is 24.8 Å². The highest BCUT2D eigenvalue weighted by atomic mass is 35.5. The van der Waals surface area contributed by atoms with Crippen LogP contribution in [0.15, 0.2) is 30.3 Å². The summed E-state index contributed by atoms with van der Waals surface area (Å²) in [5, 5.41) is 3.46. The molecule has 0 bridgehead atoms. The maximum Gasteiger partial charge on any atom is 0.224 e. The summed E-state index contributed by atoms with van der Waals surface area (Å²) in [7, 11) is 0. The Morgan fingerprint density at radius 3 is 2.43 bits per heavy atom. The summed E-state index contributed by atoms with van der Waals surface area (Å²) in [5.74, 6) is 0.725. The molecule has 0 aliphatic heterocycles. The number of benzene rings is 1. The Morgan fingerprint density at radius 2 is 1.78 bits per heavy atom. The van der Waals surface area contributed by atoms with Crippen LogP contribution < -0.4 is 11.1 Å². The Kier molecular flexibility index (Phi) is 6.49. The summed E-state index contributed by atoms with van der Waals surface area (Å²) < 4.78 is 0.